The number of halogens is 1. The van der Waals surface area contributed by atoms with E-state index in [0.29, 0.717) is 11.2 Å². The maximum atomic E-state index is 14.0. The van der Waals surface area contributed by atoms with Crippen LogP contribution in [0.3, 0.4) is 0 Å². The van der Waals surface area contributed by atoms with Crippen LogP contribution in [0.25, 0.3) is 5.52 Å². The minimum Gasteiger partial charge on any atom is -0.381 e. The van der Waals surface area contributed by atoms with Crippen molar-refractivity contribution >= 4 is 5.52 Å². The lowest BCUT2D eigenvalue weighted by Gasteiger charge is -2.30. The molecule has 1 aliphatic rings. The van der Waals surface area contributed by atoms with E-state index >= 15 is 0 Å². The van der Waals surface area contributed by atoms with Gasteiger partial charge in [-0.2, -0.15) is 10.4 Å². The molecule has 0 amide bonds. The molecule has 1 aliphatic heterocycles. The summed E-state index contributed by atoms with van der Waals surface area (Å²) in [5, 5.41) is 16.2. The van der Waals surface area contributed by atoms with Gasteiger partial charge in [0, 0.05) is 31.1 Å². The summed E-state index contributed by atoms with van der Waals surface area (Å²) in [6, 6.07) is 5.46. The third-order valence-corrected chi connectivity index (χ3v) is 3.54. The third-order valence-electron chi connectivity index (χ3n) is 3.54. The number of rotatable bonds is 2. The molecule has 0 radical (unpaired) electrons. The summed E-state index contributed by atoms with van der Waals surface area (Å²) < 4.78 is 15.4. The first kappa shape index (κ1) is 12.5. The number of nitrogens with one attached hydrogen (secondary N) is 1. The molecule has 1 N–H and O–H groups in total. The van der Waals surface area contributed by atoms with E-state index in [4.69, 9.17) is 5.26 Å². The van der Waals surface area contributed by atoms with Crippen molar-refractivity contribution < 1.29 is 4.39 Å². The molecule has 0 fully saturated rings. The van der Waals surface area contributed by atoms with E-state index < -0.39 is 5.82 Å². The van der Waals surface area contributed by atoms with Crippen LogP contribution >= 0.6 is 0 Å². The SMILES string of the molecule is CCN1C=CNC(c2ccc(C#N)n3ncc(F)c23)C1. The zero-order valence-corrected chi connectivity index (χ0v) is 11.0. The fourth-order valence-electron chi connectivity index (χ4n) is 2.49. The largest absolute Gasteiger partial charge is 0.381 e. The van der Waals surface area contributed by atoms with E-state index in [2.05, 4.69) is 22.2 Å². The highest BCUT2D eigenvalue weighted by Crippen LogP contribution is 2.25. The fraction of sp³-hybridized carbons (Fsp3) is 0.286. The first-order chi connectivity index (χ1) is 9.74. The van der Waals surface area contributed by atoms with Crippen LogP contribution in [0.1, 0.15) is 24.2 Å². The van der Waals surface area contributed by atoms with Crippen LogP contribution in [-0.2, 0) is 0 Å². The average molecular weight is 271 g/mol. The van der Waals surface area contributed by atoms with Crippen molar-refractivity contribution in [3.05, 3.63) is 47.8 Å². The maximum absolute atomic E-state index is 14.0. The lowest BCUT2D eigenvalue weighted by molar-refractivity contribution is 0.327. The van der Waals surface area contributed by atoms with Crippen LogP contribution in [0.5, 0.6) is 0 Å². The smallest absolute Gasteiger partial charge is 0.169 e. The van der Waals surface area contributed by atoms with Crippen molar-refractivity contribution in [1.29, 1.82) is 5.26 Å². The van der Waals surface area contributed by atoms with Gasteiger partial charge in [-0.25, -0.2) is 8.91 Å². The topological polar surface area (TPSA) is 56.4 Å². The van der Waals surface area contributed by atoms with Gasteiger partial charge >= 0.3 is 0 Å². The van der Waals surface area contributed by atoms with Crippen molar-refractivity contribution in [3.8, 4) is 6.07 Å². The second kappa shape index (κ2) is 4.85. The van der Waals surface area contributed by atoms with Gasteiger partial charge in [-0.15, -0.1) is 0 Å². The molecule has 0 spiro atoms. The zero-order valence-electron chi connectivity index (χ0n) is 11.0. The minimum absolute atomic E-state index is 0.0265. The highest BCUT2D eigenvalue weighted by atomic mass is 19.1. The molecule has 0 saturated heterocycles. The summed E-state index contributed by atoms with van der Waals surface area (Å²) >= 11 is 0. The minimum atomic E-state index is -0.406. The average Bonchev–Trinajstić information content (AvgIpc) is 2.89. The van der Waals surface area contributed by atoms with Crippen LogP contribution in [0.2, 0.25) is 0 Å². The van der Waals surface area contributed by atoms with Crippen LogP contribution in [0.15, 0.2) is 30.7 Å². The first-order valence-corrected chi connectivity index (χ1v) is 6.47. The van der Waals surface area contributed by atoms with Crippen molar-refractivity contribution in [2.24, 2.45) is 0 Å². The van der Waals surface area contributed by atoms with Crippen LogP contribution in [0.4, 0.5) is 4.39 Å². The van der Waals surface area contributed by atoms with E-state index in [9.17, 15) is 4.39 Å². The lowest BCUT2D eigenvalue weighted by Crippen LogP contribution is -2.34. The maximum Gasteiger partial charge on any atom is 0.169 e. The van der Waals surface area contributed by atoms with Gasteiger partial charge in [0.1, 0.15) is 17.3 Å². The van der Waals surface area contributed by atoms with Crippen LogP contribution in [-0.4, -0.2) is 27.6 Å². The lowest BCUT2D eigenvalue weighted by atomic mass is 10.0. The Morgan fingerprint density at radius 2 is 2.40 bits per heavy atom. The van der Waals surface area contributed by atoms with Gasteiger partial charge in [0.05, 0.1) is 12.2 Å². The van der Waals surface area contributed by atoms with Crippen molar-refractivity contribution in [2.45, 2.75) is 13.0 Å². The van der Waals surface area contributed by atoms with E-state index in [1.165, 1.54) is 4.52 Å². The molecule has 0 bridgehead atoms. The summed E-state index contributed by atoms with van der Waals surface area (Å²) in [7, 11) is 0. The van der Waals surface area contributed by atoms with Crippen LogP contribution in [0, 0.1) is 17.1 Å². The number of fused-ring (bicyclic) bond motifs is 1. The van der Waals surface area contributed by atoms with Gasteiger partial charge in [0.2, 0.25) is 0 Å². The van der Waals surface area contributed by atoms with Gasteiger partial charge in [0.15, 0.2) is 5.82 Å². The Kier molecular flexibility index (Phi) is 3.03. The number of likely N-dealkylation sites (N-methyl/N-ethyl adjacent to an activating group) is 1. The Morgan fingerprint density at radius 3 is 3.15 bits per heavy atom. The van der Waals surface area contributed by atoms with E-state index in [-0.39, 0.29) is 6.04 Å². The van der Waals surface area contributed by atoms with Crippen molar-refractivity contribution in [3.63, 3.8) is 0 Å². The molecule has 6 heteroatoms. The summed E-state index contributed by atoms with van der Waals surface area (Å²) in [5.74, 6) is -0.406. The van der Waals surface area contributed by atoms with E-state index in [1.807, 2.05) is 18.5 Å². The molecular formula is C14H14FN5. The summed E-state index contributed by atoms with van der Waals surface area (Å²) in [6.45, 7) is 3.71. The number of hydrogen-bond donors (Lipinski definition) is 1. The highest BCUT2D eigenvalue weighted by molar-refractivity contribution is 5.59. The second-order valence-corrected chi connectivity index (χ2v) is 4.66. The molecule has 1 unspecified atom stereocenters. The Morgan fingerprint density at radius 1 is 1.55 bits per heavy atom. The second-order valence-electron chi connectivity index (χ2n) is 4.66. The number of aromatic nitrogens is 2. The third kappa shape index (κ3) is 1.88. The Bertz CT molecular complexity index is 712. The molecule has 3 heterocycles. The predicted octanol–water partition coefficient (Wildman–Crippen LogP) is 1.78. The predicted molar refractivity (Wildman–Crippen MR) is 72.1 cm³/mol. The monoisotopic (exact) mass is 271 g/mol. The summed E-state index contributed by atoms with van der Waals surface area (Å²) in [6.07, 6.45) is 4.99. The van der Waals surface area contributed by atoms with Crippen LogP contribution < -0.4 is 5.32 Å². The van der Waals surface area contributed by atoms with Crippen molar-refractivity contribution in [1.82, 2.24) is 19.8 Å². The molecule has 2 aromatic rings. The normalized spacial score (nSPS) is 18.1. The first-order valence-electron chi connectivity index (χ1n) is 6.47. The highest BCUT2D eigenvalue weighted by Gasteiger charge is 2.21. The standard InChI is InChI=1S/C14H14FN5/c1-2-19-6-5-17-13(9-19)11-4-3-10(7-16)20-14(11)12(15)8-18-20/h3-6,8,13,17H,2,9H2,1H3. The van der Waals surface area contributed by atoms with Gasteiger partial charge in [-0.1, -0.05) is 6.07 Å². The summed E-state index contributed by atoms with van der Waals surface area (Å²) in [5.41, 5.74) is 1.50. The number of pyridine rings is 1. The number of hydrogen-bond acceptors (Lipinski definition) is 4. The molecule has 20 heavy (non-hydrogen) atoms. The molecule has 5 nitrogen and oxygen atoms in total. The van der Waals surface area contributed by atoms with Gasteiger partial charge < -0.3 is 10.2 Å². The molecule has 1 atom stereocenters. The van der Waals surface area contributed by atoms with E-state index in [0.717, 1.165) is 24.8 Å². The van der Waals surface area contributed by atoms with E-state index in [1.54, 1.807) is 12.1 Å². The van der Waals surface area contributed by atoms with Gasteiger partial charge in [-0.3, -0.25) is 0 Å². The number of nitriles is 1. The van der Waals surface area contributed by atoms with Gasteiger partial charge in [-0.05, 0) is 13.0 Å². The quantitative estimate of drug-likeness (QED) is 0.904. The molecule has 102 valence electrons. The molecule has 3 rings (SSSR count). The zero-order chi connectivity index (χ0) is 14.1. The fourth-order valence-corrected chi connectivity index (χ4v) is 2.49. The molecule has 0 saturated carbocycles. The molecular weight excluding hydrogens is 257 g/mol. The molecule has 0 aliphatic carbocycles. The molecule has 2 aromatic heterocycles. The van der Waals surface area contributed by atoms with Crippen molar-refractivity contribution in [2.75, 3.05) is 13.1 Å². The summed E-state index contributed by atoms with van der Waals surface area (Å²) in [4.78, 5) is 2.14. The van der Waals surface area contributed by atoms with Gasteiger partial charge in [0.25, 0.3) is 0 Å². The Labute approximate surface area is 115 Å². The Balaban J connectivity index is 2.11. The Hall–Kier alpha value is -2.55. The molecule has 0 aromatic carbocycles. The number of nitrogens with zero attached hydrogens (tertiary/aromatic N) is 4.